The summed E-state index contributed by atoms with van der Waals surface area (Å²) in [5.74, 6) is 0. The molecule has 7 aliphatic carbocycles. The van der Waals surface area contributed by atoms with Gasteiger partial charge in [0.25, 0.3) is 0 Å². The highest BCUT2D eigenvalue weighted by molar-refractivity contribution is 14.1. The Morgan fingerprint density at radius 1 is 0.296 bits per heavy atom. The lowest BCUT2D eigenvalue weighted by atomic mass is 9.92. The monoisotopic (exact) mass is 3110 g/mol. The minimum absolute atomic E-state index is 0.223. The van der Waals surface area contributed by atoms with Crippen LogP contribution in [0.4, 0.5) is 0 Å². The number of ether oxygens (including phenoxy) is 1. The zero-order valence-electron chi connectivity index (χ0n) is 70.7. The molecular formula is C107H113Cl5I12O. The van der Waals surface area contributed by atoms with Gasteiger partial charge in [0.2, 0.25) is 0 Å². The minimum Gasteiger partial charge on any atom is -0.381 e. The molecule has 0 aliphatic heterocycles. The van der Waals surface area contributed by atoms with Gasteiger partial charge in [-0.3, -0.25) is 0 Å². The normalized spacial score (nSPS) is 18.4. The Kier molecular flexibility index (Phi) is 98.8. The van der Waals surface area contributed by atoms with Gasteiger partial charge in [0.15, 0.2) is 0 Å². The van der Waals surface area contributed by atoms with Gasteiger partial charge >= 0.3 is 0 Å². The fourth-order valence-corrected chi connectivity index (χ4v) is 16.1. The van der Waals surface area contributed by atoms with Crippen LogP contribution in [-0.4, -0.2) is 13.2 Å². The van der Waals surface area contributed by atoms with Crippen molar-refractivity contribution in [1.29, 1.82) is 0 Å². The number of allylic oxidation sites excluding steroid dienone is 60. The molecule has 0 amide bonds. The fraction of sp³-hybridized carbons (Fsp3) is 0.140. The maximum Gasteiger partial charge on any atom is 0.0653 e. The molecule has 18 heteroatoms. The quantitative estimate of drug-likeness (QED) is 0.0700. The van der Waals surface area contributed by atoms with Gasteiger partial charge in [-0.15, -0.1) is 0 Å². The van der Waals surface area contributed by atoms with Crippen LogP contribution < -0.4 is 0 Å². The molecule has 0 radical (unpaired) electrons. The van der Waals surface area contributed by atoms with E-state index in [1.165, 1.54) is 105 Å². The number of benzene rings is 1. The van der Waals surface area contributed by atoms with Crippen LogP contribution in [0, 0.1) is 0 Å². The van der Waals surface area contributed by atoms with Crippen molar-refractivity contribution in [2.24, 2.45) is 0 Å². The van der Waals surface area contributed by atoms with Crippen LogP contribution in [0.2, 0.25) is 0 Å². The van der Waals surface area contributed by atoms with Crippen molar-refractivity contribution in [3.8, 4) is 0 Å². The second kappa shape index (κ2) is 95.4. The minimum atomic E-state index is 0.223. The Balaban J connectivity index is -0.000000648. The van der Waals surface area contributed by atoms with Gasteiger partial charge in [-0.2, -0.15) is 0 Å². The molecule has 0 fully saturated rings. The Labute approximate surface area is 942 Å². The summed E-state index contributed by atoms with van der Waals surface area (Å²) >= 11 is 57.1. The lowest BCUT2D eigenvalue weighted by molar-refractivity contribution is 0.102. The fourth-order valence-electron chi connectivity index (χ4n) is 10.6. The lowest BCUT2D eigenvalue weighted by Crippen LogP contribution is -2.17. The first-order valence-corrected chi connectivity index (χ1v) is 55.4. The SMILES string of the molecule is C=C/C=C/C=C/C=C/C=C/I.C=C/C=C/C=C/C=C/I.C=C/C=C/C=C/I.C=C/C=C/I.C=C/C=C1/C(Cl)=C(/C=C/I)c2ccccc21.C=C/C=C1C=C(/C=C/I)CC/1.C=C/C=C1C=C(/C=C/I)CCC/1.C=C/C=C1\CC(/C=C/I)=C1Cl.C=C/C=C1\CC(OC)CC(/C=C/I)=C1Cl.C=C/C=C1\CCC(/C=C/I)=C1Cl.C=C/C=C1\CCCC(/C=C/I)=C1Cl.C=CI. The average Bonchev–Trinajstić information content (AvgIpc) is 1.64. The van der Waals surface area contributed by atoms with Crippen LogP contribution in [0.1, 0.15) is 94.6 Å². The van der Waals surface area contributed by atoms with Crippen molar-refractivity contribution < 1.29 is 4.74 Å². The molecule has 1 atom stereocenters. The Bertz CT molecular complexity index is 4560. The molecule has 1 unspecified atom stereocenters. The summed E-state index contributed by atoms with van der Waals surface area (Å²) in [6, 6.07) is 8.23. The number of hydrogen-bond donors (Lipinski definition) is 0. The van der Waals surface area contributed by atoms with E-state index in [9.17, 15) is 0 Å². The van der Waals surface area contributed by atoms with E-state index < -0.39 is 0 Å². The van der Waals surface area contributed by atoms with Gasteiger partial charge in [-0.1, -0.05) is 688 Å². The summed E-state index contributed by atoms with van der Waals surface area (Å²) < 4.78 is 28.9. The first-order valence-electron chi connectivity index (χ1n) is 38.5. The third-order valence-corrected chi connectivity index (χ3v) is 22.5. The molecule has 1 aromatic rings. The summed E-state index contributed by atoms with van der Waals surface area (Å²) in [6.45, 7) is 43.1. The van der Waals surface area contributed by atoms with E-state index in [0.717, 1.165) is 92.4 Å². The van der Waals surface area contributed by atoms with Gasteiger partial charge in [0.1, 0.15) is 0 Å². The van der Waals surface area contributed by atoms with Crippen molar-refractivity contribution in [1.82, 2.24) is 0 Å². The van der Waals surface area contributed by atoms with Gasteiger partial charge in [0, 0.05) is 57.6 Å². The van der Waals surface area contributed by atoms with Crippen LogP contribution in [0.15, 0.2) is 506 Å². The van der Waals surface area contributed by atoms with Crippen LogP contribution >= 0.6 is 329 Å². The smallest absolute Gasteiger partial charge is 0.0653 e. The standard InChI is InChI=1S/C14H10ClI.C12H14ClIO.C11H12ClI.C11H13I.C10H10ClI.2C10H11I.C9H8ClI.C8H9I.C6H7I.C4H5I.C2H3I/c1-2-5-12-10-6-3-4-7-11(10)13(8-9-16)14(12)15;1-3-4-9-7-11(15-2)8-10(5-6-14)12(9)13;1-2-4-9-5-3-6-10(7-8-13)11(9)12;1-2-4-10-5-3-6-11(9-10)7-8-12;1-2-3-8-4-5-9(6-7-12)10(8)11;1-2-3-9-4-5-10(8-9)6-7-11;1-2-3-4-5-6-7-8-9-10-11;1-2-3-7-6-8(4-5-11)9(7)10;1-2-3-4-5-6-7-8-9;1-2-3-4-5-6-7;1-2-3-4-5;1-2-3/h2-9H,1H2;3-6,11H,1,7-8H2,2H3;2,4,7-8H,1,3,5-6H2;2,4,7-9H,1,3,5-6H2;2-3,6-7H,1,4-5H2;2-3,6-8H,1,4-5H2;2-10H,1H2;2-5H,1,6H2;2-8H,1H2;2-6H,1H2;2-4H,1H2;2H,1H2/b9-8+,12-5+;6-5+,9-4+;8-7+,9-4+;8-7+,10-4+;7-6+,8-3+;7-6+,9-3+;4-3+,6-5+,8-7+,10-9+;5-4+,7-3+;4-3+,6-5+,8-7+;4-3+,6-5+;4-3+;. The molecule has 0 aromatic heterocycles. The molecule has 0 saturated heterocycles. The van der Waals surface area contributed by atoms with Crippen molar-refractivity contribution in [3.63, 3.8) is 0 Å². The predicted octanol–water partition coefficient (Wildman–Crippen LogP) is 43.8. The first kappa shape index (κ1) is 129. The second-order valence-corrected chi connectivity index (χ2v) is 35.1. The van der Waals surface area contributed by atoms with E-state index in [4.69, 9.17) is 62.7 Å². The van der Waals surface area contributed by atoms with Gasteiger partial charge in [-0.05, 0) is 197 Å². The molecule has 0 N–H and O–H groups in total. The predicted molar refractivity (Wildman–Crippen MR) is 680 cm³/mol. The molecule has 0 saturated carbocycles. The molecule has 8 rings (SSSR count). The summed E-state index contributed by atoms with van der Waals surface area (Å²) in [5.41, 5.74) is 19.7. The Morgan fingerprint density at radius 2 is 0.656 bits per heavy atom. The topological polar surface area (TPSA) is 9.23 Å². The molecule has 7 aliphatic rings. The maximum absolute atomic E-state index is 6.38. The van der Waals surface area contributed by atoms with E-state index in [1.807, 2.05) is 207 Å². The van der Waals surface area contributed by atoms with Gasteiger partial charge in [0.05, 0.1) is 11.1 Å². The molecule has 1 aromatic carbocycles. The molecular weight excluding hydrogens is 3000 g/mol. The van der Waals surface area contributed by atoms with E-state index >= 15 is 0 Å². The lowest BCUT2D eigenvalue weighted by Gasteiger charge is -2.24. The van der Waals surface area contributed by atoms with Crippen LogP contribution in [0.5, 0.6) is 0 Å². The van der Waals surface area contributed by atoms with Gasteiger partial charge in [-0.25, -0.2) is 0 Å². The van der Waals surface area contributed by atoms with Gasteiger partial charge < -0.3 is 4.74 Å². The third-order valence-electron chi connectivity index (χ3n) is 16.0. The summed E-state index contributed by atoms with van der Waals surface area (Å²) in [4.78, 5) is 0. The number of rotatable bonds is 25. The summed E-state index contributed by atoms with van der Waals surface area (Å²) in [5, 5.41) is 4.35. The van der Waals surface area contributed by atoms with E-state index in [-0.39, 0.29) is 6.10 Å². The van der Waals surface area contributed by atoms with Crippen molar-refractivity contribution >= 4 is 340 Å². The van der Waals surface area contributed by atoms with Crippen molar-refractivity contribution in [2.75, 3.05) is 7.11 Å². The molecule has 1 nitrogen and oxygen atoms in total. The van der Waals surface area contributed by atoms with E-state index in [0.29, 0.717) is 0 Å². The molecule has 0 spiro atoms. The van der Waals surface area contributed by atoms with Crippen molar-refractivity contribution in [3.05, 3.63) is 517 Å². The first-order chi connectivity index (χ1) is 60.7. The maximum atomic E-state index is 6.38. The average molecular weight is 3120 g/mol. The van der Waals surface area contributed by atoms with Crippen LogP contribution in [-0.2, 0) is 4.74 Å². The Hall–Kier alpha value is -1.79. The molecule has 666 valence electrons. The number of halogens is 17. The van der Waals surface area contributed by atoms with Crippen molar-refractivity contribution in [2.45, 2.75) is 89.6 Å². The van der Waals surface area contributed by atoms with E-state index in [1.54, 1.807) is 65.9 Å². The number of fused-ring (bicyclic) bond motifs is 1. The molecule has 125 heavy (non-hydrogen) atoms. The van der Waals surface area contributed by atoms with Crippen LogP contribution in [0.3, 0.4) is 0 Å². The largest absolute Gasteiger partial charge is 0.381 e. The highest BCUT2D eigenvalue weighted by Gasteiger charge is 2.24. The summed E-state index contributed by atoms with van der Waals surface area (Å²) in [7, 11) is 1.74. The van der Waals surface area contributed by atoms with E-state index in [2.05, 4.69) is 419 Å². The highest BCUT2D eigenvalue weighted by Crippen LogP contribution is 2.44. The number of methoxy groups -OCH3 is 1. The number of hydrogen-bond acceptors (Lipinski definition) is 1. The molecule has 0 bridgehead atoms. The van der Waals surface area contributed by atoms with Crippen LogP contribution in [0.25, 0.3) is 11.1 Å². The zero-order valence-corrected chi connectivity index (χ0v) is 100. The molecule has 0 heterocycles. The second-order valence-electron chi connectivity index (χ2n) is 24.4. The summed E-state index contributed by atoms with van der Waals surface area (Å²) in [6.07, 6.45) is 98.1. The Morgan fingerprint density at radius 3 is 1.08 bits per heavy atom. The third kappa shape index (κ3) is 66.3. The zero-order chi connectivity index (χ0) is 94.3. The highest BCUT2D eigenvalue weighted by atomic mass is 127.